The quantitative estimate of drug-likeness (QED) is 0.915. The molecule has 0 bridgehead atoms. The summed E-state index contributed by atoms with van der Waals surface area (Å²) in [5.74, 6) is -0.0791. The van der Waals surface area contributed by atoms with Crippen molar-refractivity contribution in [2.75, 3.05) is 18.5 Å². The molecule has 2 aromatic rings. The lowest BCUT2D eigenvalue weighted by molar-refractivity contribution is -0.137. The minimum absolute atomic E-state index is 0.0423. The summed E-state index contributed by atoms with van der Waals surface area (Å²) in [5.41, 5.74) is -0.235. The van der Waals surface area contributed by atoms with Crippen LogP contribution in [-0.2, 0) is 10.9 Å². The molecule has 5 nitrogen and oxygen atoms in total. The Kier molecular flexibility index (Phi) is 4.89. The van der Waals surface area contributed by atoms with E-state index in [4.69, 9.17) is 9.47 Å². The van der Waals surface area contributed by atoms with Gasteiger partial charge in [-0.15, -0.1) is 0 Å². The van der Waals surface area contributed by atoms with E-state index in [2.05, 4.69) is 10.3 Å². The summed E-state index contributed by atoms with van der Waals surface area (Å²) in [6, 6.07) is 7.33. The summed E-state index contributed by atoms with van der Waals surface area (Å²) in [4.78, 5) is 16.2. The normalized spacial score (nSPS) is 17.3. The van der Waals surface area contributed by atoms with Crippen LogP contribution in [0.1, 0.15) is 22.3 Å². The van der Waals surface area contributed by atoms with Crippen LogP contribution in [0.2, 0.25) is 0 Å². The number of benzene rings is 1. The molecule has 0 radical (unpaired) electrons. The lowest BCUT2D eigenvalue weighted by Crippen LogP contribution is -2.17. The number of rotatable bonds is 4. The number of amides is 1. The van der Waals surface area contributed by atoms with Crippen LogP contribution in [0.4, 0.5) is 18.9 Å². The Morgan fingerprint density at radius 1 is 1.20 bits per heavy atom. The molecule has 1 aliphatic rings. The van der Waals surface area contributed by atoms with Gasteiger partial charge in [-0.1, -0.05) is 0 Å². The molecule has 1 fully saturated rings. The van der Waals surface area contributed by atoms with E-state index in [0.29, 0.717) is 19.1 Å². The minimum atomic E-state index is -4.41. The van der Waals surface area contributed by atoms with Crippen molar-refractivity contribution >= 4 is 11.6 Å². The number of nitrogens with zero attached hydrogens (tertiary/aromatic N) is 1. The van der Waals surface area contributed by atoms with E-state index in [1.165, 1.54) is 24.4 Å². The molecule has 0 saturated carbocycles. The molecule has 2 heterocycles. The molecule has 25 heavy (non-hydrogen) atoms. The zero-order valence-electron chi connectivity index (χ0n) is 13.0. The molecule has 132 valence electrons. The Bertz CT molecular complexity index is 724. The first-order chi connectivity index (χ1) is 11.9. The molecule has 0 unspecified atom stereocenters. The molecule has 1 aromatic heterocycles. The van der Waals surface area contributed by atoms with Crippen LogP contribution >= 0.6 is 0 Å². The molecule has 1 aliphatic heterocycles. The second kappa shape index (κ2) is 7.10. The zero-order chi connectivity index (χ0) is 17.9. The van der Waals surface area contributed by atoms with Gasteiger partial charge in [-0.25, -0.2) is 4.98 Å². The number of carbonyl (C=O) groups is 1. The number of halogens is 3. The number of ether oxygens (including phenoxy) is 2. The van der Waals surface area contributed by atoms with Crippen molar-refractivity contribution < 1.29 is 27.4 Å². The van der Waals surface area contributed by atoms with E-state index in [1.807, 2.05) is 0 Å². The van der Waals surface area contributed by atoms with E-state index in [9.17, 15) is 18.0 Å². The summed E-state index contributed by atoms with van der Waals surface area (Å²) in [6.07, 6.45) is -2.31. The summed E-state index contributed by atoms with van der Waals surface area (Å²) in [5, 5.41) is 2.52. The van der Waals surface area contributed by atoms with Gasteiger partial charge in [0.05, 0.1) is 24.3 Å². The fraction of sp³-hybridized carbons (Fsp3) is 0.294. The molecule has 1 saturated heterocycles. The highest BCUT2D eigenvalue weighted by Crippen LogP contribution is 2.29. The monoisotopic (exact) mass is 352 g/mol. The van der Waals surface area contributed by atoms with E-state index in [1.54, 1.807) is 6.07 Å². The van der Waals surface area contributed by atoms with Gasteiger partial charge in [0.15, 0.2) is 0 Å². The largest absolute Gasteiger partial charge is 0.472 e. The molecule has 0 aliphatic carbocycles. The SMILES string of the molecule is O=C(Nc1ccc(C(F)(F)F)cc1)c1ccc(O[C@@H]2CCOC2)nc1. The predicted molar refractivity (Wildman–Crippen MR) is 83.5 cm³/mol. The molecule has 1 atom stereocenters. The third kappa shape index (κ3) is 4.48. The number of nitrogens with one attached hydrogen (secondary N) is 1. The van der Waals surface area contributed by atoms with Crippen molar-refractivity contribution in [3.8, 4) is 5.88 Å². The molecule has 1 aromatic carbocycles. The number of alkyl halides is 3. The molecule has 3 rings (SSSR count). The zero-order valence-corrected chi connectivity index (χ0v) is 13.0. The molecular formula is C17H15F3N2O3. The lowest BCUT2D eigenvalue weighted by Gasteiger charge is -2.11. The molecule has 1 N–H and O–H groups in total. The maximum atomic E-state index is 12.5. The van der Waals surface area contributed by atoms with Crippen molar-refractivity contribution in [1.82, 2.24) is 4.98 Å². The molecule has 0 spiro atoms. The average Bonchev–Trinajstić information content (AvgIpc) is 3.08. The van der Waals surface area contributed by atoms with E-state index in [0.717, 1.165) is 18.6 Å². The number of hydrogen-bond donors (Lipinski definition) is 1. The number of hydrogen-bond acceptors (Lipinski definition) is 4. The van der Waals surface area contributed by atoms with Crippen LogP contribution in [0, 0.1) is 0 Å². The van der Waals surface area contributed by atoms with E-state index < -0.39 is 17.6 Å². The number of pyridine rings is 1. The fourth-order valence-corrected chi connectivity index (χ4v) is 2.31. The number of aromatic nitrogens is 1. The third-order valence-corrected chi connectivity index (χ3v) is 3.64. The van der Waals surface area contributed by atoms with Gasteiger partial charge in [0, 0.05) is 24.4 Å². The fourth-order valence-electron chi connectivity index (χ4n) is 2.31. The Hall–Kier alpha value is -2.61. The first-order valence-electron chi connectivity index (χ1n) is 7.61. The van der Waals surface area contributed by atoms with Crippen molar-refractivity contribution in [1.29, 1.82) is 0 Å². The van der Waals surface area contributed by atoms with E-state index >= 15 is 0 Å². The maximum absolute atomic E-state index is 12.5. The van der Waals surface area contributed by atoms with Crippen LogP contribution in [0.3, 0.4) is 0 Å². The van der Waals surface area contributed by atoms with Crippen molar-refractivity contribution in [2.24, 2.45) is 0 Å². The van der Waals surface area contributed by atoms with Crippen LogP contribution < -0.4 is 10.1 Å². The van der Waals surface area contributed by atoms with Gasteiger partial charge in [0.2, 0.25) is 5.88 Å². The van der Waals surface area contributed by atoms with Gasteiger partial charge in [0.25, 0.3) is 5.91 Å². The Labute approximate surface area is 141 Å². The summed E-state index contributed by atoms with van der Waals surface area (Å²) >= 11 is 0. The van der Waals surface area contributed by atoms with Crippen LogP contribution in [0.5, 0.6) is 5.88 Å². The molecule has 1 amide bonds. The Morgan fingerprint density at radius 3 is 2.52 bits per heavy atom. The highest BCUT2D eigenvalue weighted by molar-refractivity contribution is 6.04. The first-order valence-corrected chi connectivity index (χ1v) is 7.61. The highest BCUT2D eigenvalue weighted by atomic mass is 19.4. The maximum Gasteiger partial charge on any atom is 0.416 e. The number of anilines is 1. The van der Waals surface area contributed by atoms with Gasteiger partial charge in [-0.05, 0) is 30.3 Å². The summed E-state index contributed by atoms with van der Waals surface area (Å²) in [6.45, 7) is 1.16. The molecule has 8 heteroatoms. The second-order valence-corrected chi connectivity index (χ2v) is 5.52. The summed E-state index contributed by atoms with van der Waals surface area (Å²) < 4.78 is 48.3. The topological polar surface area (TPSA) is 60.5 Å². The van der Waals surface area contributed by atoms with Gasteiger partial charge in [-0.2, -0.15) is 13.2 Å². The number of carbonyl (C=O) groups excluding carboxylic acids is 1. The second-order valence-electron chi connectivity index (χ2n) is 5.52. The first kappa shape index (κ1) is 17.2. The summed E-state index contributed by atoms with van der Waals surface area (Å²) in [7, 11) is 0. The van der Waals surface area contributed by atoms with Gasteiger partial charge in [0.1, 0.15) is 6.10 Å². The van der Waals surface area contributed by atoms with E-state index in [-0.39, 0.29) is 17.4 Å². The third-order valence-electron chi connectivity index (χ3n) is 3.64. The van der Waals surface area contributed by atoms with Gasteiger partial charge in [-0.3, -0.25) is 4.79 Å². The average molecular weight is 352 g/mol. The highest BCUT2D eigenvalue weighted by Gasteiger charge is 2.30. The standard InChI is InChI=1S/C17H15F3N2O3/c18-17(19,20)12-2-4-13(5-3-12)22-16(23)11-1-6-15(21-9-11)25-14-7-8-24-10-14/h1-6,9,14H,7-8,10H2,(H,22,23)/t14-/m1/s1. The Morgan fingerprint density at radius 2 is 1.96 bits per heavy atom. The van der Waals surface area contributed by atoms with Crippen molar-refractivity contribution in [3.63, 3.8) is 0 Å². The van der Waals surface area contributed by atoms with Crippen LogP contribution in [-0.4, -0.2) is 30.2 Å². The Balaban J connectivity index is 1.60. The predicted octanol–water partition coefficient (Wildman–Crippen LogP) is 3.52. The van der Waals surface area contributed by atoms with Gasteiger partial charge >= 0.3 is 6.18 Å². The van der Waals surface area contributed by atoms with Gasteiger partial charge < -0.3 is 14.8 Å². The van der Waals surface area contributed by atoms with Crippen LogP contribution in [0.25, 0.3) is 0 Å². The molecular weight excluding hydrogens is 337 g/mol. The minimum Gasteiger partial charge on any atom is -0.472 e. The van der Waals surface area contributed by atoms with Crippen molar-refractivity contribution in [3.05, 3.63) is 53.7 Å². The smallest absolute Gasteiger partial charge is 0.416 e. The lowest BCUT2D eigenvalue weighted by atomic mass is 10.2. The van der Waals surface area contributed by atoms with Crippen molar-refractivity contribution in [2.45, 2.75) is 18.7 Å². The van der Waals surface area contributed by atoms with Crippen LogP contribution in [0.15, 0.2) is 42.6 Å².